The molecule has 3 amide bonds. The Balaban J connectivity index is 1.44. The normalized spacial score (nSPS) is 19.3. The summed E-state index contributed by atoms with van der Waals surface area (Å²) in [4.78, 5) is 41.9. The van der Waals surface area contributed by atoms with E-state index in [0.29, 0.717) is 17.8 Å². The molecule has 2 fully saturated rings. The Morgan fingerprint density at radius 3 is 2.39 bits per heavy atom. The van der Waals surface area contributed by atoms with Gasteiger partial charge in [0.15, 0.2) is 0 Å². The summed E-state index contributed by atoms with van der Waals surface area (Å²) in [5.74, 6) is -0.513. The van der Waals surface area contributed by atoms with Crippen LogP contribution in [0.25, 0.3) is 0 Å². The molecule has 0 bridgehead atoms. The van der Waals surface area contributed by atoms with Gasteiger partial charge in [0, 0.05) is 43.0 Å². The molecular weight excluding hydrogens is 390 g/mol. The molecule has 0 aromatic heterocycles. The van der Waals surface area contributed by atoms with E-state index >= 15 is 0 Å². The molecule has 6 heteroatoms. The fourth-order valence-corrected chi connectivity index (χ4v) is 4.33. The Morgan fingerprint density at radius 1 is 0.968 bits per heavy atom. The van der Waals surface area contributed by atoms with Crippen LogP contribution in [0.3, 0.4) is 0 Å². The molecule has 1 unspecified atom stereocenters. The number of anilines is 2. The van der Waals surface area contributed by atoms with Crippen molar-refractivity contribution in [3.8, 4) is 0 Å². The number of hydrogen-bond acceptors (Lipinski definition) is 3. The van der Waals surface area contributed by atoms with Crippen LogP contribution in [0.1, 0.15) is 48.0 Å². The van der Waals surface area contributed by atoms with Crippen LogP contribution in [-0.2, 0) is 9.59 Å². The Hall–Kier alpha value is -3.15. The zero-order valence-corrected chi connectivity index (χ0v) is 18.0. The highest BCUT2D eigenvalue weighted by Crippen LogP contribution is 2.28. The number of likely N-dealkylation sites (tertiary alicyclic amines) is 1. The summed E-state index contributed by atoms with van der Waals surface area (Å²) in [5, 5.41) is 2.89. The van der Waals surface area contributed by atoms with E-state index in [2.05, 4.69) is 5.32 Å². The van der Waals surface area contributed by atoms with Gasteiger partial charge in [0.2, 0.25) is 11.8 Å². The number of rotatable bonds is 4. The molecular formula is C25H29N3O3. The quantitative estimate of drug-likeness (QED) is 0.814. The van der Waals surface area contributed by atoms with Crippen molar-refractivity contribution in [2.75, 3.05) is 29.9 Å². The standard InChI is InChI=1S/C25H29N3O3/c1-18-9-11-21(12-10-18)26-24(30)19-7-6-8-22(15-19)28-17-20(16-23(28)29)25(31)27-13-4-2-3-5-14-27/h6-12,15,20H,2-5,13-14,16-17H2,1H3,(H,26,30). The molecule has 1 atom stereocenters. The van der Waals surface area contributed by atoms with Gasteiger partial charge in [-0.3, -0.25) is 14.4 Å². The summed E-state index contributed by atoms with van der Waals surface area (Å²) in [6.07, 6.45) is 4.63. The topological polar surface area (TPSA) is 69.7 Å². The van der Waals surface area contributed by atoms with Crippen LogP contribution >= 0.6 is 0 Å². The largest absolute Gasteiger partial charge is 0.342 e. The smallest absolute Gasteiger partial charge is 0.255 e. The molecule has 0 aliphatic carbocycles. The molecule has 6 nitrogen and oxygen atoms in total. The van der Waals surface area contributed by atoms with E-state index in [0.717, 1.165) is 50.0 Å². The minimum atomic E-state index is -0.310. The average molecular weight is 420 g/mol. The lowest BCUT2D eigenvalue weighted by atomic mass is 10.1. The molecule has 2 heterocycles. The molecule has 2 aliphatic rings. The maximum absolute atomic E-state index is 13.0. The summed E-state index contributed by atoms with van der Waals surface area (Å²) < 4.78 is 0. The van der Waals surface area contributed by atoms with E-state index in [1.807, 2.05) is 42.2 Å². The number of aryl methyl sites for hydroxylation is 1. The van der Waals surface area contributed by atoms with Crippen molar-refractivity contribution in [3.05, 3.63) is 59.7 Å². The van der Waals surface area contributed by atoms with Crippen molar-refractivity contribution in [1.29, 1.82) is 0 Å². The second-order valence-electron chi connectivity index (χ2n) is 8.52. The van der Waals surface area contributed by atoms with Crippen molar-refractivity contribution >= 4 is 29.1 Å². The van der Waals surface area contributed by atoms with Crippen LogP contribution < -0.4 is 10.2 Å². The van der Waals surface area contributed by atoms with Crippen molar-refractivity contribution in [3.63, 3.8) is 0 Å². The first kappa shape index (κ1) is 21.1. The molecule has 2 saturated heterocycles. The minimum absolute atomic E-state index is 0.0655. The van der Waals surface area contributed by atoms with Crippen molar-refractivity contribution in [2.45, 2.75) is 39.0 Å². The van der Waals surface area contributed by atoms with Gasteiger partial charge in [0.05, 0.1) is 5.92 Å². The molecule has 2 aromatic rings. The third-order valence-corrected chi connectivity index (χ3v) is 6.12. The van der Waals surface area contributed by atoms with E-state index < -0.39 is 0 Å². The van der Waals surface area contributed by atoms with Crippen molar-refractivity contribution in [1.82, 2.24) is 4.90 Å². The van der Waals surface area contributed by atoms with E-state index in [1.54, 1.807) is 23.1 Å². The van der Waals surface area contributed by atoms with Crippen LogP contribution in [0, 0.1) is 12.8 Å². The van der Waals surface area contributed by atoms with E-state index in [-0.39, 0.29) is 30.1 Å². The van der Waals surface area contributed by atoms with Crippen LogP contribution in [-0.4, -0.2) is 42.3 Å². The number of carbonyl (C=O) groups is 3. The van der Waals surface area contributed by atoms with Crippen LogP contribution in [0.4, 0.5) is 11.4 Å². The molecule has 0 radical (unpaired) electrons. The fraction of sp³-hybridized carbons (Fsp3) is 0.400. The van der Waals surface area contributed by atoms with Crippen LogP contribution in [0.5, 0.6) is 0 Å². The maximum Gasteiger partial charge on any atom is 0.255 e. The van der Waals surface area contributed by atoms with Gasteiger partial charge < -0.3 is 15.1 Å². The molecule has 2 aliphatic heterocycles. The molecule has 1 N–H and O–H groups in total. The SMILES string of the molecule is Cc1ccc(NC(=O)c2cccc(N3CC(C(=O)N4CCCCCC4)CC3=O)c2)cc1. The number of amides is 3. The van der Waals surface area contributed by atoms with Gasteiger partial charge in [-0.25, -0.2) is 0 Å². The molecule has 0 spiro atoms. The second-order valence-corrected chi connectivity index (χ2v) is 8.52. The predicted molar refractivity (Wildman–Crippen MR) is 121 cm³/mol. The Bertz CT molecular complexity index is 962. The Labute approximate surface area is 183 Å². The van der Waals surface area contributed by atoms with Crippen LogP contribution in [0.15, 0.2) is 48.5 Å². The van der Waals surface area contributed by atoms with Gasteiger partial charge in [-0.05, 0) is 50.1 Å². The summed E-state index contributed by atoms with van der Waals surface area (Å²) in [6, 6.07) is 14.6. The monoisotopic (exact) mass is 419 g/mol. The zero-order valence-electron chi connectivity index (χ0n) is 18.0. The number of hydrogen-bond donors (Lipinski definition) is 1. The fourth-order valence-electron chi connectivity index (χ4n) is 4.33. The van der Waals surface area contributed by atoms with Gasteiger partial charge in [0.25, 0.3) is 5.91 Å². The summed E-state index contributed by atoms with van der Waals surface area (Å²) in [5.41, 5.74) is 2.99. The van der Waals surface area contributed by atoms with Crippen molar-refractivity contribution < 1.29 is 14.4 Å². The average Bonchev–Trinajstić information content (AvgIpc) is 2.98. The molecule has 31 heavy (non-hydrogen) atoms. The zero-order chi connectivity index (χ0) is 21.8. The van der Waals surface area contributed by atoms with Gasteiger partial charge in [0.1, 0.15) is 0 Å². The molecule has 2 aromatic carbocycles. The highest BCUT2D eigenvalue weighted by atomic mass is 16.2. The first-order valence-corrected chi connectivity index (χ1v) is 11.1. The number of nitrogens with one attached hydrogen (secondary N) is 1. The summed E-state index contributed by atoms with van der Waals surface area (Å²) in [6.45, 7) is 3.95. The third kappa shape index (κ3) is 4.95. The van der Waals surface area contributed by atoms with E-state index in [4.69, 9.17) is 0 Å². The van der Waals surface area contributed by atoms with Gasteiger partial charge in [-0.1, -0.05) is 36.6 Å². The summed E-state index contributed by atoms with van der Waals surface area (Å²) in [7, 11) is 0. The molecule has 0 saturated carbocycles. The first-order chi connectivity index (χ1) is 15.0. The Morgan fingerprint density at radius 2 is 1.68 bits per heavy atom. The minimum Gasteiger partial charge on any atom is -0.342 e. The highest BCUT2D eigenvalue weighted by molar-refractivity contribution is 6.06. The number of benzene rings is 2. The van der Waals surface area contributed by atoms with E-state index in [9.17, 15) is 14.4 Å². The second kappa shape index (κ2) is 9.33. The highest BCUT2D eigenvalue weighted by Gasteiger charge is 2.37. The lowest BCUT2D eigenvalue weighted by Crippen LogP contribution is -2.38. The van der Waals surface area contributed by atoms with E-state index in [1.165, 1.54) is 0 Å². The maximum atomic E-state index is 13.0. The van der Waals surface area contributed by atoms with Gasteiger partial charge >= 0.3 is 0 Å². The third-order valence-electron chi connectivity index (χ3n) is 6.12. The number of carbonyl (C=O) groups excluding carboxylic acids is 3. The lowest BCUT2D eigenvalue weighted by molar-refractivity contribution is -0.135. The Kier molecular flexibility index (Phi) is 6.35. The van der Waals surface area contributed by atoms with Gasteiger partial charge in [-0.15, -0.1) is 0 Å². The summed E-state index contributed by atoms with van der Waals surface area (Å²) >= 11 is 0. The molecule has 4 rings (SSSR count). The number of nitrogens with zero attached hydrogens (tertiary/aromatic N) is 2. The van der Waals surface area contributed by atoms with Crippen LogP contribution in [0.2, 0.25) is 0 Å². The van der Waals surface area contributed by atoms with Crippen molar-refractivity contribution in [2.24, 2.45) is 5.92 Å². The predicted octanol–water partition coefficient (Wildman–Crippen LogP) is 4.00. The molecule has 162 valence electrons. The lowest BCUT2D eigenvalue weighted by Gasteiger charge is -2.24. The first-order valence-electron chi connectivity index (χ1n) is 11.1. The van der Waals surface area contributed by atoms with Gasteiger partial charge in [-0.2, -0.15) is 0 Å².